The molecule has 0 bridgehead atoms. The molecule has 1 aromatic rings. The first-order chi connectivity index (χ1) is 5.52. The molecule has 0 aromatic heterocycles. The SMILES string of the molecule is Cc1cc(I)cc(F)c1[N+](=O)[O-]. The van der Waals surface area contributed by atoms with Crippen LogP contribution in [0.2, 0.25) is 0 Å². The fourth-order valence-corrected chi connectivity index (χ4v) is 1.67. The van der Waals surface area contributed by atoms with Crippen molar-refractivity contribution in [2.24, 2.45) is 0 Å². The van der Waals surface area contributed by atoms with Crippen LogP contribution in [0.1, 0.15) is 5.56 Å². The first-order valence-corrected chi connectivity index (χ1v) is 4.20. The van der Waals surface area contributed by atoms with Crippen LogP contribution in [-0.2, 0) is 0 Å². The third-order valence-electron chi connectivity index (χ3n) is 1.40. The predicted octanol–water partition coefficient (Wildman–Crippen LogP) is 2.65. The number of hydrogen-bond acceptors (Lipinski definition) is 2. The van der Waals surface area contributed by atoms with E-state index in [0.29, 0.717) is 9.13 Å². The van der Waals surface area contributed by atoms with Crippen LogP contribution < -0.4 is 0 Å². The summed E-state index contributed by atoms with van der Waals surface area (Å²) < 4.78 is 13.6. The smallest absolute Gasteiger partial charge is 0.258 e. The molecule has 0 heterocycles. The number of nitro benzene ring substituents is 1. The fourth-order valence-electron chi connectivity index (χ4n) is 0.926. The number of hydrogen-bond donors (Lipinski definition) is 0. The maximum atomic E-state index is 12.9. The van der Waals surface area contributed by atoms with E-state index in [0.717, 1.165) is 6.07 Å². The summed E-state index contributed by atoms with van der Waals surface area (Å²) in [4.78, 5) is 9.61. The van der Waals surface area contributed by atoms with E-state index in [-0.39, 0.29) is 0 Å². The summed E-state index contributed by atoms with van der Waals surface area (Å²) in [6, 6.07) is 2.72. The second kappa shape index (κ2) is 3.34. The standard InChI is InChI=1S/C7H5FINO2/c1-4-2-5(9)3-6(8)7(4)10(11)12/h2-3H,1H3. The van der Waals surface area contributed by atoms with Crippen LogP contribution in [0.5, 0.6) is 0 Å². The monoisotopic (exact) mass is 281 g/mol. The molecule has 5 heteroatoms. The summed E-state index contributed by atoms with van der Waals surface area (Å²) in [5.41, 5.74) is -0.0835. The summed E-state index contributed by atoms with van der Waals surface area (Å²) in [7, 11) is 0. The lowest BCUT2D eigenvalue weighted by molar-refractivity contribution is -0.388. The van der Waals surface area contributed by atoms with E-state index in [1.807, 2.05) is 22.6 Å². The van der Waals surface area contributed by atoms with Gasteiger partial charge in [-0.15, -0.1) is 0 Å². The molecule has 0 saturated carbocycles. The van der Waals surface area contributed by atoms with Gasteiger partial charge in [0.25, 0.3) is 0 Å². The Kier molecular flexibility index (Phi) is 2.61. The minimum Gasteiger partial charge on any atom is -0.258 e. The summed E-state index contributed by atoms with van der Waals surface area (Å²) >= 11 is 1.91. The molecule has 0 fully saturated rings. The molecule has 0 amide bonds. The third kappa shape index (κ3) is 1.71. The highest BCUT2D eigenvalue weighted by Crippen LogP contribution is 2.23. The number of halogens is 2. The Morgan fingerprint density at radius 3 is 2.58 bits per heavy atom. The maximum absolute atomic E-state index is 12.9. The van der Waals surface area contributed by atoms with Gasteiger partial charge in [0.15, 0.2) is 0 Å². The van der Waals surface area contributed by atoms with Gasteiger partial charge in [-0.05, 0) is 41.6 Å². The van der Waals surface area contributed by atoms with E-state index in [2.05, 4.69) is 0 Å². The van der Waals surface area contributed by atoms with E-state index < -0.39 is 16.4 Å². The molecule has 0 radical (unpaired) electrons. The Morgan fingerprint density at radius 1 is 1.58 bits per heavy atom. The molecule has 0 aliphatic carbocycles. The molecule has 0 spiro atoms. The molecule has 3 nitrogen and oxygen atoms in total. The second-order valence-electron chi connectivity index (χ2n) is 2.31. The number of aryl methyl sites for hydroxylation is 1. The molecule has 1 rings (SSSR count). The molecule has 64 valence electrons. The van der Waals surface area contributed by atoms with Crippen LogP contribution in [0.4, 0.5) is 10.1 Å². The summed E-state index contributed by atoms with van der Waals surface area (Å²) in [6.07, 6.45) is 0. The maximum Gasteiger partial charge on any atom is 0.307 e. The van der Waals surface area contributed by atoms with Gasteiger partial charge in [0.1, 0.15) is 0 Å². The molecular formula is C7H5FINO2. The van der Waals surface area contributed by atoms with Gasteiger partial charge in [0.2, 0.25) is 5.82 Å². The van der Waals surface area contributed by atoms with Crippen LogP contribution in [0.15, 0.2) is 12.1 Å². The van der Waals surface area contributed by atoms with Gasteiger partial charge >= 0.3 is 5.69 Å². The molecular weight excluding hydrogens is 276 g/mol. The number of nitro groups is 1. The van der Waals surface area contributed by atoms with E-state index >= 15 is 0 Å². The van der Waals surface area contributed by atoms with Crippen molar-refractivity contribution in [3.63, 3.8) is 0 Å². The first-order valence-electron chi connectivity index (χ1n) is 3.12. The average Bonchev–Trinajstić information content (AvgIpc) is 1.82. The quantitative estimate of drug-likeness (QED) is 0.451. The van der Waals surface area contributed by atoms with Gasteiger partial charge < -0.3 is 0 Å². The van der Waals surface area contributed by atoms with E-state index in [1.165, 1.54) is 6.92 Å². The third-order valence-corrected chi connectivity index (χ3v) is 2.02. The van der Waals surface area contributed by atoms with Crippen molar-refractivity contribution < 1.29 is 9.31 Å². The zero-order valence-corrected chi connectivity index (χ0v) is 8.33. The second-order valence-corrected chi connectivity index (χ2v) is 3.56. The summed E-state index contributed by atoms with van der Waals surface area (Å²) in [5, 5.41) is 10.3. The number of benzene rings is 1. The zero-order valence-electron chi connectivity index (χ0n) is 6.17. The molecule has 0 atom stereocenters. The fraction of sp³-hybridized carbons (Fsp3) is 0.143. The van der Waals surface area contributed by atoms with E-state index in [4.69, 9.17) is 0 Å². The van der Waals surface area contributed by atoms with Gasteiger partial charge in [-0.2, -0.15) is 4.39 Å². The van der Waals surface area contributed by atoms with Crippen molar-refractivity contribution in [2.45, 2.75) is 6.92 Å². The van der Waals surface area contributed by atoms with Gasteiger partial charge in [-0.3, -0.25) is 10.1 Å². The van der Waals surface area contributed by atoms with E-state index in [9.17, 15) is 14.5 Å². The van der Waals surface area contributed by atoms with Crippen LogP contribution >= 0.6 is 22.6 Å². The van der Waals surface area contributed by atoms with Gasteiger partial charge in [-0.1, -0.05) is 0 Å². The van der Waals surface area contributed by atoms with Crippen molar-refractivity contribution in [3.8, 4) is 0 Å². The lowest BCUT2D eigenvalue weighted by atomic mass is 10.2. The molecule has 12 heavy (non-hydrogen) atoms. The minimum absolute atomic E-state index is 0.351. The molecule has 0 saturated heterocycles. The largest absolute Gasteiger partial charge is 0.307 e. The van der Waals surface area contributed by atoms with Crippen molar-refractivity contribution in [3.05, 3.63) is 37.2 Å². The van der Waals surface area contributed by atoms with Crippen molar-refractivity contribution >= 4 is 28.3 Å². The summed E-state index contributed by atoms with van der Waals surface area (Å²) in [6.45, 7) is 1.52. The Balaban J connectivity index is 3.38. The Labute approximate surface area is 81.9 Å². The van der Waals surface area contributed by atoms with Gasteiger partial charge in [0, 0.05) is 9.13 Å². The number of rotatable bonds is 1. The normalized spacial score (nSPS) is 9.92. The Bertz CT molecular complexity index is 317. The van der Waals surface area contributed by atoms with Gasteiger partial charge in [0.05, 0.1) is 4.92 Å². The highest BCUT2D eigenvalue weighted by atomic mass is 127. The van der Waals surface area contributed by atoms with Crippen LogP contribution in [-0.4, -0.2) is 4.92 Å². The van der Waals surface area contributed by atoms with Crippen molar-refractivity contribution in [1.82, 2.24) is 0 Å². The zero-order chi connectivity index (χ0) is 9.30. The first kappa shape index (κ1) is 9.37. The molecule has 0 N–H and O–H groups in total. The Morgan fingerprint density at radius 2 is 2.17 bits per heavy atom. The molecule has 0 unspecified atom stereocenters. The number of nitrogens with zero attached hydrogens (tertiary/aromatic N) is 1. The summed E-state index contributed by atoms with van der Waals surface area (Å²) in [5.74, 6) is -0.774. The highest BCUT2D eigenvalue weighted by Gasteiger charge is 2.17. The predicted molar refractivity (Wildman–Crippen MR) is 50.5 cm³/mol. The molecule has 0 aliphatic rings. The van der Waals surface area contributed by atoms with E-state index in [1.54, 1.807) is 6.07 Å². The van der Waals surface area contributed by atoms with Gasteiger partial charge in [-0.25, -0.2) is 0 Å². The minimum atomic E-state index is -0.774. The van der Waals surface area contributed by atoms with Crippen molar-refractivity contribution in [1.29, 1.82) is 0 Å². The highest BCUT2D eigenvalue weighted by molar-refractivity contribution is 14.1. The van der Waals surface area contributed by atoms with Crippen molar-refractivity contribution in [2.75, 3.05) is 0 Å². The van der Waals surface area contributed by atoms with Crippen LogP contribution in [0.3, 0.4) is 0 Å². The Hall–Kier alpha value is -0.720. The molecule has 1 aromatic carbocycles. The average molecular weight is 281 g/mol. The topological polar surface area (TPSA) is 43.1 Å². The van der Waals surface area contributed by atoms with Crippen LogP contribution in [0, 0.1) is 26.4 Å². The molecule has 0 aliphatic heterocycles. The van der Waals surface area contributed by atoms with Crippen LogP contribution in [0.25, 0.3) is 0 Å². The lowest BCUT2D eigenvalue weighted by Crippen LogP contribution is -1.96. The lowest BCUT2D eigenvalue weighted by Gasteiger charge is -1.98.